The number of ether oxygens (including phenoxy) is 2. The van der Waals surface area contributed by atoms with Crippen LogP contribution in [-0.4, -0.2) is 30.5 Å². The van der Waals surface area contributed by atoms with Gasteiger partial charge in [0.1, 0.15) is 17.3 Å². The minimum Gasteiger partial charge on any atom is -0.507 e. The fourth-order valence-electron chi connectivity index (χ4n) is 4.54. The minimum absolute atomic E-state index is 0.0935. The van der Waals surface area contributed by atoms with Crippen molar-refractivity contribution in [1.29, 1.82) is 0 Å². The Morgan fingerprint density at radius 1 is 1.00 bits per heavy atom. The average Bonchev–Trinajstić information content (AvgIpc) is 3.13. The monoisotopic (exact) mass is 553 g/mol. The number of aliphatic hydroxyl groups is 1. The van der Waals surface area contributed by atoms with E-state index >= 15 is 0 Å². The van der Waals surface area contributed by atoms with Crippen molar-refractivity contribution in [2.75, 3.05) is 18.6 Å². The molecule has 0 aliphatic carbocycles. The number of aliphatic hydroxyl groups excluding tert-OH is 1. The largest absolute Gasteiger partial charge is 0.507 e. The quantitative estimate of drug-likeness (QED) is 0.196. The van der Waals surface area contributed by atoms with Gasteiger partial charge in [0.15, 0.2) is 0 Å². The van der Waals surface area contributed by atoms with E-state index in [1.807, 2.05) is 31.2 Å². The lowest BCUT2D eigenvalue weighted by atomic mass is 9.85. The normalized spacial score (nSPS) is 17.1. The van der Waals surface area contributed by atoms with Crippen LogP contribution in [0.25, 0.3) is 5.76 Å². The molecule has 0 radical (unpaired) electrons. The minimum atomic E-state index is -0.913. The van der Waals surface area contributed by atoms with Crippen molar-refractivity contribution in [2.45, 2.75) is 39.2 Å². The number of ketones is 1. The standard InChI is InChI=1S/C30H29Cl2NO5/c1-6-38-21-13-11-20(12-14-21)33-25(17-7-9-18(10-8-17)30(2,3)4)24(27(35)29(33)36)26(34)22-15-19(31)16-23(32)28(22)37-5/h7-16,25,34H,6H2,1-5H3/b26-24+. The maximum atomic E-state index is 13.5. The Balaban J connectivity index is 1.95. The van der Waals surface area contributed by atoms with Gasteiger partial charge in [-0.05, 0) is 59.9 Å². The van der Waals surface area contributed by atoms with Crippen molar-refractivity contribution >= 4 is 46.3 Å². The zero-order valence-corrected chi connectivity index (χ0v) is 23.4. The van der Waals surface area contributed by atoms with Crippen LogP contribution in [-0.2, 0) is 15.0 Å². The lowest BCUT2D eigenvalue weighted by molar-refractivity contribution is -0.132. The van der Waals surface area contributed by atoms with Crippen molar-refractivity contribution in [3.05, 3.63) is 93.0 Å². The van der Waals surface area contributed by atoms with E-state index in [1.54, 1.807) is 24.3 Å². The Hall–Kier alpha value is -3.48. The van der Waals surface area contributed by atoms with E-state index in [4.69, 9.17) is 32.7 Å². The number of anilines is 1. The highest BCUT2D eigenvalue weighted by molar-refractivity contribution is 6.52. The Labute approximate surface area is 232 Å². The first-order valence-electron chi connectivity index (χ1n) is 12.2. The number of hydrogen-bond donors (Lipinski definition) is 1. The highest BCUT2D eigenvalue weighted by atomic mass is 35.5. The summed E-state index contributed by atoms with van der Waals surface area (Å²) in [4.78, 5) is 28.4. The van der Waals surface area contributed by atoms with E-state index < -0.39 is 23.5 Å². The van der Waals surface area contributed by atoms with E-state index in [0.717, 1.165) is 5.56 Å². The first-order valence-corrected chi connectivity index (χ1v) is 12.9. The number of hydrogen-bond acceptors (Lipinski definition) is 5. The second kappa shape index (κ2) is 10.7. The molecule has 3 aromatic carbocycles. The van der Waals surface area contributed by atoms with Gasteiger partial charge in [0, 0.05) is 10.7 Å². The SMILES string of the molecule is CCOc1ccc(N2C(=O)C(=O)/C(=C(/O)c3cc(Cl)cc(Cl)c3OC)C2c2ccc(C(C)(C)C)cc2)cc1. The molecule has 1 atom stereocenters. The number of halogens is 2. The Kier molecular flexibility index (Phi) is 7.77. The molecule has 1 unspecified atom stereocenters. The van der Waals surface area contributed by atoms with Crippen LogP contribution in [0.1, 0.15) is 50.4 Å². The average molecular weight is 554 g/mol. The molecule has 0 spiro atoms. The third kappa shape index (κ3) is 5.11. The van der Waals surface area contributed by atoms with E-state index in [2.05, 4.69) is 20.8 Å². The molecular weight excluding hydrogens is 525 g/mol. The Bertz CT molecular complexity index is 1410. The molecule has 4 rings (SSSR count). The second-order valence-electron chi connectivity index (χ2n) is 9.94. The topological polar surface area (TPSA) is 76.1 Å². The summed E-state index contributed by atoms with van der Waals surface area (Å²) in [7, 11) is 1.40. The first kappa shape index (κ1) is 27.6. The number of carbonyl (C=O) groups excluding carboxylic acids is 2. The van der Waals surface area contributed by atoms with E-state index in [9.17, 15) is 14.7 Å². The fraction of sp³-hybridized carbons (Fsp3) is 0.267. The summed E-state index contributed by atoms with van der Waals surface area (Å²) in [6, 6.07) is 16.6. The molecule has 1 amide bonds. The van der Waals surface area contributed by atoms with Crippen molar-refractivity contribution in [1.82, 2.24) is 0 Å². The van der Waals surface area contributed by atoms with Crippen LogP contribution in [0.3, 0.4) is 0 Å². The van der Waals surface area contributed by atoms with Crippen molar-refractivity contribution < 1.29 is 24.2 Å². The van der Waals surface area contributed by atoms with E-state index in [1.165, 1.54) is 24.1 Å². The molecule has 6 nitrogen and oxygen atoms in total. The molecule has 1 fully saturated rings. The summed E-state index contributed by atoms with van der Waals surface area (Å²) < 4.78 is 10.9. The molecule has 8 heteroatoms. The molecule has 1 aliphatic heterocycles. The van der Waals surface area contributed by atoms with Crippen LogP contribution < -0.4 is 14.4 Å². The number of methoxy groups -OCH3 is 1. The number of nitrogens with zero attached hydrogens (tertiary/aromatic N) is 1. The maximum absolute atomic E-state index is 13.5. The Morgan fingerprint density at radius 3 is 2.18 bits per heavy atom. The number of rotatable bonds is 6. The van der Waals surface area contributed by atoms with E-state index in [0.29, 0.717) is 23.6 Å². The molecule has 38 heavy (non-hydrogen) atoms. The van der Waals surface area contributed by atoms with E-state index in [-0.39, 0.29) is 32.3 Å². The van der Waals surface area contributed by atoms with Gasteiger partial charge >= 0.3 is 0 Å². The Morgan fingerprint density at radius 2 is 1.63 bits per heavy atom. The van der Waals surface area contributed by atoms with Gasteiger partial charge in [-0.1, -0.05) is 68.2 Å². The number of Topliss-reactive ketones (excluding diaryl/α,β-unsaturated/α-hetero) is 1. The molecule has 3 aromatic rings. The maximum Gasteiger partial charge on any atom is 0.300 e. The van der Waals surface area contributed by atoms with Crippen LogP contribution in [0.15, 0.2) is 66.2 Å². The number of amides is 1. The summed E-state index contributed by atoms with van der Waals surface area (Å²) in [5.74, 6) is -1.25. The predicted molar refractivity (Wildman–Crippen MR) is 151 cm³/mol. The molecule has 1 heterocycles. The molecular formula is C30H29Cl2NO5. The van der Waals surface area contributed by atoms with Crippen LogP contribution in [0.2, 0.25) is 10.0 Å². The van der Waals surface area contributed by atoms with Gasteiger partial charge in [-0.2, -0.15) is 0 Å². The van der Waals surface area contributed by atoms with Crippen molar-refractivity contribution in [3.8, 4) is 11.5 Å². The van der Waals surface area contributed by atoms with Crippen molar-refractivity contribution in [2.24, 2.45) is 0 Å². The van der Waals surface area contributed by atoms with Gasteiger partial charge in [-0.15, -0.1) is 0 Å². The lowest BCUT2D eigenvalue weighted by Crippen LogP contribution is -2.29. The predicted octanol–water partition coefficient (Wildman–Crippen LogP) is 7.32. The van der Waals surface area contributed by atoms with Crippen LogP contribution in [0.5, 0.6) is 11.5 Å². The molecule has 0 aromatic heterocycles. The fourth-order valence-corrected chi connectivity index (χ4v) is 5.11. The van der Waals surface area contributed by atoms with Crippen LogP contribution in [0, 0.1) is 0 Å². The smallest absolute Gasteiger partial charge is 0.300 e. The highest BCUT2D eigenvalue weighted by Gasteiger charge is 2.47. The zero-order valence-electron chi connectivity index (χ0n) is 21.8. The second-order valence-corrected chi connectivity index (χ2v) is 10.8. The highest BCUT2D eigenvalue weighted by Crippen LogP contribution is 2.45. The van der Waals surface area contributed by atoms with Gasteiger partial charge in [0.05, 0.1) is 35.9 Å². The van der Waals surface area contributed by atoms with Gasteiger partial charge < -0.3 is 14.6 Å². The van der Waals surface area contributed by atoms with Gasteiger partial charge in [-0.25, -0.2) is 0 Å². The number of carbonyl (C=O) groups is 2. The molecule has 0 bridgehead atoms. The lowest BCUT2D eigenvalue weighted by Gasteiger charge is -2.27. The molecule has 1 saturated heterocycles. The van der Waals surface area contributed by atoms with Crippen LogP contribution in [0.4, 0.5) is 5.69 Å². The van der Waals surface area contributed by atoms with Gasteiger partial charge in [0.25, 0.3) is 11.7 Å². The van der Waals surface area contributed by atoms with Crippen molar-refractivity contribution in [3.63, 3.8) is 0 Å². The summed E-state index contributed by atoms with van der Waals surface area (Å²) in [5, 5.41) is 11.9. The molecule has 1 aliphatic rings. The number of benzene rings is 3. The van der Waals surface area contributed by atoms with Gasteiger partial charge in [0.2, 0.25) is 0 Å². The third-order valence-electron chi connectivity index (χ3n) is 6.43. The molecule has 0 saturated carbocycles. The summed E-state index contributed by atoms with van der Waals surface area (Å²) in [6.07, 6.45) is 0. The van der Waals surface area contributed by atoms with Gasteiger partial charge in [-0.3, -0.25) is 14.5 Å². The summed E-state index contributed by atoms with van der Waals surface area (Å²) in [6.45, 7) is 8.67. The van der Waals surface area contributed by atoms with Crippen LogP contribution >= 0.6 is 23.2 Å². The molecule has 198 valence electrons. The summed E-state index contributed by atoms with van der Waals surface area (Å²) in [5.41, 5.74) is 2.15. The zero-order chi connectivity index (χ0) is 27.8. The summed E-state index contributed by atoms with van der Waals surface area (Å²) >= 11 is 12.5. The third-order valence-corrected chi connectivity index (χ3v) is 6.93. The first-order chi connectivity index (χ1) is 18.0. The molecule has 1 N–H and O–H groups in total.